The molecule has 1 aliphatic carbocycles. The first-order chi connectivity index (χ1) is 46.5. The van der Waals surface area contributed by atoms with Gasteiger partial charge in [0, 0.05) is 71.3 Å². The predicted molar refractivity (Wildman–Crippen MR) is 385 cm³/mol. The molecule has 450 valence electrons. The third kappa shape index (κ3) is 8.62. The minimum Gasteiger partial charge on any atom is -0.309 e. The first kappa shape index (κ1) is 55.9. The van der Waals surface area contributed by atoms with Crippen molar-refractivity contribution >= 4 is 49.2 Å². The van der Waals surface area contributed by atoms with E-state index in [1.165, 1.54) is 50.2 Å². The lowest BCUT2D eigenvalue weighted by atomic mass is 9.62. The molecule has 8 heteroatoms. The van der Waals surface area contributed by atoms with Gasteiger partial charge in [0.25, 0.3) is 0 Å². The van der Waals surface area contributed by atoms with Crippen LogP contribution in [0.4, 0.5) is 0 Å². The van der Waals surface area contributed by atoms with Crippen molar-refractivity contribution in [1.29, 1.82) is 0 Å². The van der Waals surface area contributed by atoms with Crippen LogP contribution in [0, 0.1) is 12.1 Å². The topological polar surface area (TPSA) is 87.2 Å². The van der Waals surface area contributed by atoms with Crippen LogP contribution in [0.5, 0.6) is 0 Å². The minimum atomic E-state index is -0.990. The van der Waals surface area contributed by atoms with E-state index in [0.717, 1.165) is 94.6 Å². The van der Waals surface area contributed by atoms with Crippen LogP contribution in [-0.2, 0) is 16.2 Å². The highest BCUT2D eigenvalue weighted by Gasteiger charge is 2.45. The largest absolute Gasteiger partial charge is 0.309 e. The van der Waals surface area contributed by atoms with Gasteiger partial charge in [-0.05, 0) is 125 Å². The Labute approximate surface area is 551 Å². The molecule has 2 aliphatic heterocycles. The summed E-state index contributed by atoms with van der Waals surface area (Å²) < 4.78 is 5.01. The van der Waals surface area contributed by atoms with Gasteiger partial charge in [-0.25, -0.2) is 29.9 Å². The highest BCUT2D eigenvalue weighted by atomic mass is 15.1. The number of aromatic nitrogens is 8. The molecule has 1 unspecified atom stereocenters. The molecule has 95 heavy (non-hydrogen) atoms. The quantitative estimate of drug-likeness (QED) is 0.127. The number of benzene rings is 10. The molecular weight excluding hydrogens is 1160 g/mol. The SMILES string of the molecule is CC1=CC(c2nc(-c3ccccc3)nc(-c3ccc4c(c3)c3cc(C(c5c#cccc5)(c5ccccc5)c5cc6c7c(c5)c5cc(-c8nc(-c9ccccc9)nc(-c9ccccc9)n8)ccc5n7-c5ccccc5C6(C)C)cc5c3n4-c3ccccc3C5(C)C)n2)=CC=CC1. The Morgan fingerprint density at radius 3 is 1.28 bits per heavy atom. The van der Waals surface area contributed by atoms with Crippen LogP contribution in [0.3, 0.4) is 0 Å². The number of nitrogens with zero attached hydrogens (tertiary/aromatic N) is 8. The predicted octanol–water partition coefficient (Wildman–Crippen LogP) is 20.1. The maximum atomic E-state index is 5.36. The zero-order valence-electron chi connectivity index (χ0n) is 53.3. The van der Waals surface area contributed by atoms with Crippen LogP contribution < -0.4 is 0 Å². The molecule has 0 saturated carbocycles. The summed E-state index contributed by atoms with van der Waals surface area (Å²) in [5, 5.41) is 4.45. The van der Waals surface area contributed by atoms with E-state index in [1.54, 1.807) is 0 Å². The van der Waals surface area contributed by atoms with Gasteiger partial charge in [-0.3, -0.25) is 0 Å². The molecule has 18 rings (SSSR count). The van der Waals surface area contributed by atoms with Crippen LogP contribution in [0.1, 0.15) is 91.4 Å². The zero-order chi connectivity index (χ0) is 63.7. The van der Waals surface area contributed by atoms with E-state index in [1.807, 2.05) is 60.7 Å². The Bertz CT molecular complexity index is 5640. The molecule has 15 aromatic rings. The first-order valence-electron chi connectivity index (χ1n) is 32.6. The third-order valence-corrected chi connectivity index (χ3v) is 20.2. The van der Waals surface area contributed by atoms with E-state index in [2.05, 4.69) is 268 Å². The maximum Gasteiger partial charge on any atom is 0.164 e. The van der Waals surface area contributed by atoms with E-state index in [0.29, 0.717) is 34.9 Å². The molecule has 4 aromatic heterocycles. The summed E-state index contributed by atoms with van der Waals surface area (Å²) in [5.41, 5.74) is 21.0. The fourth-order valence-corrected chi connectivity index (χ4v) is 15.6. The summed E-state index contributed by atoms with van der Waals surface area (Å²) in [6.07, 6.45) is 9.47. The number of rotatable bonds is 10. The Morgan fingerprint density at radius 1 is 0.389 bits per heavy atom. The molecule has 0 N–H and O–H groups in total. The molecule has 1 atom stereocenters. The normalized spacial score (nSPS) is 14.3. The van der Waals surface area contributed by atoms with Gasteiger partial charge in [-0.15, -0.1) is 0 Å². The van der Waals surface area contributed by atoms with Crippen LogP contribution in [0.2, 0.25) is 0 Å². The van der Waals surface area contributed by atoms with E-state index in [4.69, 9.17) is 29.9 Å². The highest BCUT2D eigenvalue weighted by Crippen LogP contribution is 2.56. The molecule has 0 spiro atoms. The Balaban J connectivity index is 0.940. The number of allylic oxidation sites excluding steroid dienone is 6. The lowest BCUT2D eigenvalue weighted by Gasteiger charge is -2.40. The van der Waals surface area contributed by atoms with Gasteiger partial charge in [-0.1, -0.05) is 246 Å². The molecule has 0 saturated heterocycles. The van der Waals surface area contributed by atoms with Crippen LogP contribution >= 0.6 is 0 Å². The molecule has 8 nitrogen and oxygen atoms in total. The van der Waals surface area contributed by atoms with Gasteiger partial charge in [0.05, 0.1) is 38.9 Å². The number of hydrogen-bond donors (Lipinski definition) is 0. The average Bonchev–Trinajstić information content (AvgIpc) is 1.60. The van der Waals surface area contributed by atoms with Crippen molar-refractivity contribution in [2.24, 2.45) is 0 Å². The van der Waals surface area contributed by atoms with Crippen molar-refractivity contribution < 1.29 is 0 Å². The van der Waals surface area contributed by atoms with Crippen molar-refractivity contribution in [1.82, 2.24) is 39.0 Å². The molecule has 0 fully saturated rings. The van der Waals surface area contributed by atoms with E-state index < -0.39 is 16.2 Å². The molecule has 0 bridgehead atoms. The maximum absolute atomic E-state index is 5.36. The van der Waals surface area contributed by atoms with Crippen molar-refractivity contribution in [3.63, 3.8) is 0 Å². The summed E-state index contributed by atoms with van der Waals surface area (Å²) in [4.78, 5) is 31.5. The number of para-hydroxylation sites is 2. The molecule has 11 aromatic carbocycles. The average molecular weight is 1220 g/mol. The monoisotopic (exact) mass is 1220 g/mol. The second-order valence-corrected chi connectivity index (χ2v) is 26.5. The second kappa shape index (κ2) is 21.3. The van der Waals surface area contributed by atoms with Crippen molar-refractivity contribution in [2.75, 3.05) is 0 Å². The Morgan fingerprint density at radius 2 is 0.821 bits per heavy atom. The van der Waals surface area contributed by atoms with Crippen LogP contribution in [0.15, 0.2) is 279 Å². The fraction of sp³-hybridized carbons (Fsp3) is 0.103. The Hall–Kier alpha value is -11.9. The minimum absolute atomic E-state index is 0.449. The van der Waals surface area contributed by atoms with Crippen molar-refractivity contribution in [3.05, 3.63) is 341 Å². The summed E-state index contributed by atoms with van der Waals surface area (Å²) in [6.45, 7) is 11.7. The van der Waals surface area contributed by atoms with Crippen LogP contribution in [-0.4, -0.2) is 39.0 Å². The van der Waals surface area contributed by atoms with E-state index in [9.17, 15) is 0 Å². The highest BCUT2D eigenvalue weighted by molar-refractivity contribution is 6.15. The van der Waals surface area contributed by atoms with E-state index in [-0.39, 0.29) is 0 Å². The fourth-order valence-electron chi connectivity index (χ4n) is 15.6. The molecule has 3 aliphatic rings. The van der Waals surface area contributed by atoms with Gasteiger partial charge in [0.1, 0.15) is 0 Å². The lowest BCUT2D eigenvalue weighted by Crippen LogP contribution is -2.34. The molecule has 0 amide bonds. The molecule has 6 heterocycles. The van der Waals surface area contributed by atoms with Gasteiger partial charge in [-0.2, -0.15) is 0 Å². The van der Waals surface area contributed by atoms with Gasteiger partial charge in [0.2, 0.25) is 0 Å². The lowest BCUT2D eigenvalue weighted by molar-refractivity contribution is 0.622. The van der Waals surface area contributed by atoms with Gasteiger partial charge >= 0.3 is 0 Å². The molecule has 0 radical (unpaired) electrons. The van der Waals surface area contributed by atoms with Crippen molar-refractivity contribution in [2.45, 2.75) is 57.3 Å². The summed E-state index contributed by atoms with van der Waals surface area (Å²) >= 11 is 0. The molecular formula is C87H62N8. The Kier molecular flexibility index (Phi) is 12.5. The second-order valence-electron chi connectivity index (χ2n) is 26.5. The number of fused-ring (bicyclic) bond motifs is 10. The van der Waals surface area contributed by atoms with Crippen LogP contribution in [0.25, 0.3) is 117 Å². The van der Waals surface area contributed by atoms with Gasteiger partial charge in [0.15, 0.2) is 34.9 Å². The zero-order valence-corrected chi connectivity index (χ0v) is 53.3. The first-order valence-corrected chi connectivity index (χ1v) is 32.6. The van der Waals surface area contributed by atoms with Crippen molar-refractivity contribution in [3.8, 4) is 68.3 Å². The standard InChI is InChI=1S/C87H62N8/c1-54-27-21-22-34-58(47-54)82-89-81(57-32-15-8-16-33-57)92-84(93-82)60-44-46-74-66(49-60)68-51-64(53-72-78(68)95(74)76-42-26-24-40-70(76)86(72,4)5)87(61-35-17-9-18-36-61,62-37-19-10-20-38-62)63-50-67-65-48-59(43-45-73(65)94-75-41-25-23-39-69(75)85(2,3)71(52-63)77(67)94)83-90-79(55-28-11-6-12-29-55)88-80(91-83)56-30-13-7-14-31-56/h6-19,21-26,28-37,39-53H,27H2,1-5H3. The van der Waals surface area contributed by atoms with E-state index >= 15 is 0 Å². The third-order valence-electron chi connectivity index (χ3n) is 20.2. The summed E-state index contributed by atoms with van der Waals surface area (Å²) in [6, 6.07) is 97.0. The number of hydrogen-bond acceptors (Lipinski definition) is 6. The smallest absolute Gasteiger partial charge is 0.164 e. The van der Waals surface area contributed by atoms with Gasteiger partial charge < -0.3 is 9.13 Å². The summed E-state index contributed by atoms with van der Waals surface area (Å²) in [5.74, 6) is 3.69. The summed E-state index contributed by atoms with van der Waals surface area (Å²) in [7, 11) is 0.